The second kappa shape index (κ2) is 13.0. The van der Waals surface area contributed by atoms with E-state index in [1.807, 2.05) is 30.3 Å². The van der Waals surface area contributed by atoms with Crippen LogP contribution in [0.25, 0.3) is 0 Å². The van der Waals surface area contributed by atoms with Gasteiger partial charge in [0.1, 0.15) is 6.10 Å². The molecule has 1 aromatic carbocycles. The molecule has 4 aliphatic rings. The van der Waals surface area contributed by atoms with Crippen molar-refractivity contribution in [3.05, 3.63) is 47.5 Å². The molecule has 246 valence electrons. The highest BCUT2D eigenvalue weighted by atomic mass is 28.4. The van der Waals surface area contributed by atoms with Crippen LogP contribution in [0.4, 0.5) is 0 Å². The predicted molar refractivity (Wildman–Crippen MR) is 186 cm³/mol. The third-order valence-electron chi connectivity index (χ3n) is 14.0. The molecule has 8 atom stereocenters. The summed E-state index contributed by atoms with van der Waals surface area (Å²) in [7, 11) is -1.89. The van der Waals surface area contributed by atoms with E-state index in [9.17, 15) is 4.79 Å². The van der Waals surface area contributed by atoms with Crippen molar-refractivity contribution in [2.75, 3.05) is 6.61 Å². The molecule has 0 radical (unpaired) electrons. The lowest BCUT2D eigenvalue weighted by molar-refractivity contribution is -0.0669. The molecule has 0 bridgehead atoms. The molecule has 0 spiro atoms. The van der Waals surface area contributed by atoms with E-state index in [1.165, 1.54) is 32.1 Å². The minimum Gasteiger partial charge on any atom is -0.458 e. The minimum absolute atomic E-state index is 0.00767. The first-order chi connectivity index (χ1) is 20.8. The third-order valence-corrected chi connectivity index (χ3v) is 20.1. The van der Waals surface area contributed by atoms with E-state index < -0.39 is 8.32 Å². The molecule has 0 amide bonds. The van der Waals surface area contributed by atoms with E-state index in [-0.39, 0.29) is 17.5 Å². The van der Waals surface area contributed by atoms with Crippen LogP contribution in [0.5, 0.6) is 0 Å². The second-order valence-corrected chi connectivity index (χ2v) is 22.6. The SMILES string of the molecule is CC(C)C(CO[Si](C(C)C)(C(C)C)C(C)C)[C@H]1CC[C@H]2[C@@H]3CC=C4CC(OC(=O)c5ccccc5)CC[C@]4(C)[C@H]3CC[C@]12C. The summed E-state index contributed by atoms with van der Waals surface area (Å²) in [5.41, 5.74) is 4.84. The van der Waals surface area contributed by atoms with Crippen LogP contribution in [0.3, 0.4) is 0 Å². The van der Waals surface area contributed by atoms with Crippen LogP contribution in [0.2, 0.25) is 16.6 Å². The fourth-order valence-corrected chi connectivity index (χ4v) is 17.3. The summed E-state index contributed by atoms with van der Waals surface area (Å²) in [5.74, 6) is 4.26. The quantitative estimate of drug-likeness (QED) is 0.148. The summed E-state index contributed by atoms with van der Waals surface area (Å²) in [6, 6.07) is 9.50. The molecule has 0 saturated heterocycles. The van der Waals surface area contributed by atoms with Crippen LogP contribution < -0.4 is 0 Å². The first-order valence-electron chi connectivity index (χ1n) is 18.3. The van der Waals surface area contributed by atoms with Crippen molar-refractivity contribution in [1.29, 1.82) is 0 Å². The van der Waals surface area contributed by atoms with Gasteiger partial charge in [0.15, 0.2) is 8.32 Å². The Bertz CT molecular complexity index is 1150. The number of rotatable bonds is 10. The van der Waals surface area contributed by atoms with Gasteiger partial charge < -0.3 is 9.16 Å². The average Bonchev–Trinajstić information content (AvgIpc) is 3.32. The molecule has 44 heavy (non-hydrogen) atoms. The lowest BCUT2D eigenvalue weighted by Gasteiger charge is -2.58. The molecule has 3 nitrogen and oxygen atoms in total. The second-order valence-electron chi connectivity index (χ2n) is 17.2. The number of carbonyl (C=O) groups excluding carboxylic acids is 1. The van der Waals surface area contributed by atoms with E-state index in [1.54, 1.807) is 5.57 Å². The van der Waals surface area contributed by atoms with Crippen LogP contribution in [0, 0.1) is 46.3 Å². The van der Waals surface area contributed by atoms with E-state index >= 15 is 0 Å². The molecule has 0 heterocycles. The minimum atomic E-state index is -1.89. The lowest BCUT2D eigenvalue weighted by Crippen LogP contribution is -2.52. The Labute approximate surface area is 271 Å². The van der Waals surface area contributed by atoms with Gasteiger partial charge in [0.2, 0.25) is 0 Å². The van der Waals surface area contributed by atoms with Gasteiger partial charge in [-0.05, 0) is 120 Å². The molecule has 5 rings (SSSR count). The normalized spacial score (nSPS) is 34.5. The Balaban J connectivity index is 1.30. The maximum absolute atomic E-state index is 12.8. The van der Waals surface area contributed by atoms with Crippen LogP contribution in [-0.4, -0.2) is 27.0 Å². The molecular formula is C40H64O3Si. The highest BCUT2D eigenvalue weighted by Gasteiger charge is 2.60. The Hall–Kier alpha value is -1.39. The fraction of sp³-hybridized carbons (Fsp3) is 0.775. The van der Waals surface area contributed by atoms with Crippen LogP contribution >= 0.6 is 0 Å². The van der Waals surface area contributed by atoms with Crippen LogP contribution in [0.15, 0.2) is 42.0 Å². The van der Waals surface area contributed by atoms with Crippen LogP contribution in [-0.2, 0) is 9.16 Å². The zero-order valence-corrected chi connectivity index (χ0v) is 30.8. The first kappa shape index (κ1) is 34.0. The summed E-state index contributed by atoms with van der Waals surface area (Å²) >= 11 is 0. The van der Waals surface area contributed by atoms with Gasteiger partial charge in [0, 0.05) is 13.0 Å². The molecule has 3 saturated carbocycles. The molecule has 1 aromatic rings. The number of hydrogen-bond donors (Lipinski definition) is 0. The third kappa shape index (κ3) is 5.82. The van der Waals surface area contributed by atoms with E-state index in [4.69, 9.17) is 9.16 Å². The smallest absolute Gasteiger partial charge is 0.338 e. The number of hydrogen-bond acceptors (Lipinski definition) is 3. The van der Waals surface area contributed by atoms with Gasteiger partial charge in [-0.3, -0.25) is 0 Å². The Kier molecular flexibility index (Phi) is 10.0. The highest BCUT2D eigenvalue weighted by molar-refractivity contribution is 6.77. The number of benzene rings is 1. The largest absolute Gasteiger partial charge is 0.458 e. The molecule has 4 heteroatoms. The van der Waals surface area contributed by atoms with Gasteiger partial charge in [-0.25, -0.2) is 4.79 Å². The lowest BCUT2D eigenvalue weighted by atomic mass is 9.46. The fourth-order valence-electron chi connectivity index (χ4n) is 11.8. The number of carbonyl (C=O) groups is 1. The van der Waals surface area contributed by atoms with Gasteiger partial charge in [-0.1, -0.05) is 99.1 Å². The first-order valence-corrected chi connectivity index (χ1v) is 20.5. The van der Waals surface area contributed by atoms with Crippen molar-refractivity contribution in [2.24, 2.45) is 46.3 Å². The van der Waals surface area contributed by atoms with Crippen molar-refractivity contribution >= 4 is 14.3 Å². The Morgan fingerprint density at radius 1 is 0.864 bits per heavy atom. The topological polar surface area (TPSA) is 35.5 Å². The van der Waals surface area contributed by atoms with Crippen molar-refractivity contribution in [3.8, 4) is 0 Å². The van der Waals surface area contributed by atoms with Crippen molar-refractivity contribution in [2.45, 2.75) is 143 Å². The molecule has 3 fully saturated rings. The van der Waals surface area contributed by atoms with Crippen molar-refractivity contribution < 1.29 is 14.0 Å². The number of fused-ring (bicyclic) bond motifs is 5. The highest BCUT2D eigenvalue weighted by Crippen LogP contribution is 2.67. The van der Waals surface area contributed by atoms with E-state index in [0.717, 1.165) is 49.5 Å². The summed E-state index contributed by atoms with van der Waals surface area (Å²) in [6.07, 6.45) is 12.4. The summed E-state index contributed by atoms with van der Waals surface area (Å²) in [4.78, 5) is 12.8. The van der Waals surface area contributed by atoms with Crippen molar-refractivity contribution in [3.63, 3.8) is 0 Å². The number of allylic oxidation sites excluding steroid dienone is 1. The Morgan fingerprint density at radius 2 is 1.52 bits per heavy atom. The van der Waals surface area contributed by atoms with Crippen LogP contribution in [0.1, 0.15) is 131 Å². The maximum atomic E-state index is 12.8. The summed E-state index contributed by atoms with van der Waals surface area (Å²) in [6.45, 7) is 25.7. The molecule has 2 unspecified atom stereocenters. The maximum Gasteiger partial charge on any atom is 0.338 e. The number of ether oxygens (including phenoxy) is 1. The van der Waals surface area contributed by atoms with Crippen molar-refractivity contribution in [1.82, 2.24) is 0 Å². The summed E-state index contributed by atoms with van der Waals surface area (Å²) < 4.78 is 13.4. The summed E-state index contributed by atoms with van der Waals surface area (Å²) in [5, 5.41) is 0. The van der Waals surface area contributed by atoms with Gasteiger partial charge in [-0.15, -0.1) is 0 Å². The van der Waals surface area contributed by atoms with Gasteiger partial charge in [0.05, 0.1) is 5.56 Å². The van der Waals surface area contributed by atoms with E-state index in [2.05, 4.69) is 75.3 Å². The monoisotopic (exact) mass is 620 g/mol. The number of esters is 1. The zero-order chi connectivity index (χ0) is 32.0. The average molecular weight is 621 g/mol. The molecule has 4 aliphatic carbocycles. The molecular weight excluding hydrogens is 557 g/mol. The zero-order valence-electron chi connectivity index (χ0n) is 29.8. The van der Waals surface area contributed by atoms with Gasteiger partial charge in [0.25, 0.3) is 0 Å². The van der Waals surface area contributed by atoms with E-state index in [0.29, 0.717) is 39.4 Å². The van der Waals surface area contributed by atoms with Gasteiger partial charge >= 0.3 is 5.97 Å². The molecule has 0 aromatic heterocycles. The molecule has 0 N–H and O–H groups in total. The van der Waals surface area contributed by atoms with Gasteiger partial charge in [-0.2, -0.15) is 0 Å². The molecule has 0 aliphatic heterocycles. The predicted octanol–water partition coefficient (Wildman–Crippen LogP) is 11.3. The Morgan fingerprint density at radius 3 is 2.14 bits per heavy atom. The standard InChI is InChI=1S/C40H64O3Si/c1-26(2)34(25-42-44(27(3)4,28(5)6)29(7)8)36-19-18-35-33-17-16-31-24-32(43-38(41)30-14-12-11-13-15-30)20-22-39(31,9)37(33)21-23-40(35,36)10/h11-16,26-29,32-37H,17-25H2,1-10H3/t32?,33-,34?,35-,36+,37-,39-,40-/m0/s1.